The molecule has 1 atom stereocenters. The molecule has 0 heterocycles. The Morgan fingerprint density at radius 3 is 2.40 bits per heavy atom. The zero-order chi connectivity index (χ0) is 14.6. The van der Waals surface area contributed by atoms with Gasteiger partial charge >= 0.3 is 0 Å². The van der Waals surface area contributed by atoms with Crippen molar-refractivity contribution >= 4 is 11.6 Å². The largest absolute Gasteiger partial charge is 0.385 e. The lowest BCUT2D eigenvalue weighted by molar-refractivity contribution is 0.0269. The number of aliphatic hydroxyl groups is 1. The summed E-state index contributed by atoms with van der Waals surface area (Å²) in [6, 6.07) is 15.9. The lowest BCUT2D eigenvalue weighted by atomic mass is 9.83. The van der Waals surface area contributed by atoms with Crippen LogP contribution >= 0.6 is 11.6 Å². The first kappa shape index (κ1) is 15.1. The summed E-state index contributed by atoms with van der Waals surface area (Å²) in [5, 5.41) is 11.8. The van der Waals surface area contributed by atoms with Gasteiger partial charge in [0.1, 0.15) is 0 Å². The quantitative estimate of drug-likeness (QED) is 0.831. The predicted octanol–water partition coefficient (Wildman–Crippen LogP) is 4.88. The van der Waals surface area contributed by atoms with Crippen molar-refractivity contribution in [3.63, 3.8) is 0 Å². The van der Waals surface area contributed by atoms with Gasteiger partial charge in [-0.1, -0.05) is 67.4 Å². The molecule has 0 aliphatic carbocycles. The predicted molar refractivity (Wildman–Crippen MR) is 85.1 cm³/mol. The first-order valence-corrected chi connectivity index (χ1v) is 7.46. The van der Waals surface area contributed by atoms with Crippen molar-refractivity contribution in [2.24, 2.45) is 0 Å². The number of rotatable bonds is 5. The van der Waals surface area contributed by atoms with E-state index in [0.717, 1.165) is 34.6 Å². The van der Waals surface area contributed by atoms with E-state index in [2.05, 4.69) is 6.92 Å². The molecule has 0 aliphatic heterocycles. The highest BCUT2D eigenvalue weighted by Gasteiger charge is 2.29. The van der Waals surface area contributed by atoms with Crippen LogP contribution in [0.15, 0.2) is 48.5 Å². The maximum Gasteiger partial charge on any atom is 0.0937 e. The Hall–Kier alpha value is -1.31. The fourth-order valence-electron chi connectivity index (χ4n) is 2.61. The summed E-state index contributed by atoms with van der Waals surface area (Å²) in [6.45, 7) is 4.11. The molecule has 0 radical (unpaired) electrons. The van der Waals surface area contributed by atoms with E-state index in [-0.39, 0.29) is 0 Å². The molecule has 1 nitrogen and oxygen atoms in total. The van der Waals surface area contributed by atoms with Gasteiger partial charge < -0.3 is 5.11 Å². The van der Waals surface area contributed by atoms with Gasteiger partial charge in [-0.15, -0.1) is 0 Å². The van der Waals surface area contributed by atoms with Crippen LogP contribution in [0.4, 0.5) is 0 Å². The van der Waals surface area contributed by atoms with Gasteiger partial charge in [-0.3, -0.25) is 0 Å². The molecule has 0 saturated heterocycles. The minimum Gasteiger partial charge on any atom is -0.385 e. The molecular weight excluding hydrogens is 268 g/mol. The third kappa shape index (κ3) is 3.41. The molecular formula is C18H21ClO. The normalized spacial score (nSPS) is 14.0. The molecule has 2 rings (SSSR count). The second-order valence-electron chi connectivity index (χ2n) is 5.42. The minimum atomic E-state index is -0.852. The number of hydrogen-bond acceptors (Lipinski definition) is 1. The molecule has 106 valence electrons. The van der Waals surface area contributed by atoms with E-state index >= 15 is 0 Å². The first-order valence-electron chi connectivity index (χ1n) is 7.08. The number of halogens is 1. The average molecular weight is 289 g/mol. The third-order valence-corrected chi connectivity index (χ3v) is 4.02. The van der Waals surface area contributed by atoms with E-state index in [4.69, 9.17) is 11.6 Å². The molecule has 0 aromatic heterocycles. The number of aryl methyl sites for hydroxylation is 1. The number of hydrogen-bond donors (Lipinski definition) is 1. The Balaban J connectivity index is 2.34. The van der Waals surface area contributed by atoms with Gasteiger partial charge in [0.05, 0.1) is 5.60 Å². The van der Waals surface area contributed by atoms with Crippen molar-refractivity contribution in [1.29, 1.82) is 0 Å². The zero-order valence-electron chi connectivity index (χ0n) is 12.1. The Labute approximate surface area is 126 Å². The molecule has 20 heavy (non-hydrogen) atoms. The van der Waals surface area contributed by atoms with Crippen LogP contribution in [-0.2, 0) is 12.0 Å². The molecule has 0 saturated carbocycles. The fourth-order valence-corrected chi connectivity index (χ4v) is 2.91. The van der Waals surface area contributed by atoms with Crippen molar-refractivity contribution in [3.8, 4) is 0 Å². The summed E-state index contributed by atoms with van der Waals surface area (Å²) in [4.78, 5) is 0. The molecule has 2 aromatic carbocycles. The van der Waals surface area contributed by atoms with Crippen LogP contribution in [0.3, 0.4) is 0 Å². The number of benzene rings is 2. The summed E-state index contributed by atoms with van der Waals surface area (Å²) in [6.07, 6.45) is 2.19. The van der Waals surface area contributed by atoms with E-state index in [1.165, 1.54) is 0 Å². The van der Waals surface area contributed by atoms with Gasteiger partial charge in [-0.2, -0.15) is 0 Å². The van der Waals surface area contributed by atoms with Crippen LogP contribution in [0.1, 0.15) is 36.5 Å². The van der Waals surface area contributed by atoms with E-state index in [1.54, 1.807) is 0 Å². The first-order chi connectivity index (χ1) is 9.55. The Kier molecular flexibility index (Phi) is 4.85. The highest BCUT2D eigenvalue weighted by Crippen LogP contribution is 2.33. The summed E-state index contributed by atoms with van der Waals surface area (Å²) in [5.74, 6) is 0. The van der Waals surface area contributed by atoms with Crippen LogP contribution in [0.5, 0.6) is 0 Å². The Morgan fingerprint density at radius 1 is 1.10 bits per heavy atom. The Morgan fingerprint density at radius 2 is 1.80 bits per heavy atom. The second kappa shape index (κ2) is 6.43. The summed E-state index contributed by atoms with van der Waals surface area (Å²) in [7, 11) is 0. The molecule has 0 amide bonds. The maximum atomic E-state index is 11.1. The van der Waals surface area contributed by atoms with Crippen molar-refractivity contribution in [2.75, 3.05) is 0 Å². The molecule has 1 N–H and O–H groups in total. The molecule has 0 aliphatic rings. The highest BCUT2D eigenvalue weighted by molar-refractivity contribution is 6.31. The van der Waals surface area contributed by atoms with Crippen molar-refractivity contribution in [2.45, 2.75) is 38.7 Å². The lowest BCUT2D eigenvalue weighted by Gasteiger charge is -2.29. The van der Waals surface area contributed by atoms with Gasteiger partial charge in [0.2, 0.25) is 0 Å². The standard InChI is InChI=1S/C18H21ClO/c1-3-11-18(20,16-7-5-4-6-8-16)13-15-10-9-14(2)12-17(15)19/h4-10,12,20H,3,11,13H2,1-2H3. The van der Waals surface area contributed by atoms with Crippen molar-refractivity contribution in [1.82, 2.24) is 0 Å². The molecule has 0 fully saturated rings. The average Bonchev–Trinajstić information content (AvgIpc) is 2.43. The summed E-state index contributed by atoms with van der Waals surface area (Å²) in [5.41, 5.74) is 2.24. The summed E-state index contributed by atoms with van der Waals surface area (Å²) < 4.78 is 0. The van der Waals surface area contributed by atoms with Crippen molar-refractivity contribution in [3.05, 3.63) is 70.2 Å². The fraction of sp³-hybridized carbons (Fsp3) is 0.333. The van der Waals surface area contributed by atoms with Crippen molar-refractivity contribution < 1.29 is 5.11 Å². The Bertz CT molecular complexity index is 565. The molecule has 0 bridgehead atoms. The lowest BCUT2D eigenvalue weighted by Crippen LogP contribution is -2.28. The van der Waals surface area contributed by atoms with E-state index in [1.807, 2.05) is 55.5 Å². The van der Waals surface area contributed by atoms with Gasteiger partial charge in [-0.25, -0.2) is 0 Å². The zero-order valence-corrected chi connectivity index (χ0v) is 12.8. The van der Waals surface area contributed by atoms with E-state index in [0.29, 0.717) is 6.42 Å². The third-order valence-electron chi connectivity index (χ3n) is 3.67. The summed E-state index contributed by atoms with van der Waals surface area (Å²) >= 11 is 6.31. The van der Waals surface area contributed by atoms with Gasteiger partial charge in [-0.05, 0) is 36.1 Å². The van der Waals surface area contributed by atoms with E-state index < -0.39 is 5.60 Å². The molecule has 2 aromatic rings. The maximum absolute atomic E-state index is 11.1. The smallest absolute Gasteiger partial charge is 0.0937 e. The SMILES string of the molecule is CCCC(O)(Cc1ccc(C)cc1Cl)c1ccccc1. The monoisotopic (exact) mass is 288 g/mol. The second-order valence-corrected chi connectivity index (χ2v) is 5.83. The van der Waals surface area contributed by atoms with Crippen LogP contribution in [0, 0.1) is 6.92 Å². The topological polar surface area (TPSA) is 20.2 Å². The molecule has 2 heteroatoms. The van der Waals surface area contributed by atoms with Gasteiger partial charge in [0, 0.05) is 11.4 Å². The highest BCUT2D eigenvalue weighted by atomic mass is 35.5. The molecule has 0 spiro atoms. The van der Waals surface area contributed by atoms with Gasteiger partial charge in [0.25, 0.3) is 0 Å². The van der Waals surface area contributed by atoms with Crippen LogP contribution in [-0.4, -0.2) is 5.11 Å². The minimum absolute atomic E-state index is 0.546. The van der Waals surface area contributed by atoms with Crippen LogP contribution in [0.25, 0.3) is 0 Å². The van der Waals surface area contributed by atoms with Crippen LogP contribution in [0.2, 0.25) is 5.02 Å². The van der Waals surface area contributed by atoms with Gasteiger partial charge in [0.15, 0.2) is 0 Å². The van der Waals surface area contributed by atoms with E-state index in [9.17, 15) is 5.11 Å². The van der Waals surface area contributed by atoms with Crippen LogP contribution < -0.4 is 0 Å². The molecule has 1 unspecified atom stereocenters.